The van der Waals surface area contributed by atoms with Crippen molar-refractivity contribution in [2.45, 2.75) is 52.0 Å². The second kappa shape index (κ2) is 4.52. The number of quaternary nitrogens is 1. The van der Waals surface area contributed by atoms with Gasteiger partial charge in [-0.2, -0.15) is 0 Å². The number of ketones is 2. The fourth-order valence-electron chi connectivity index (χ4n) is 7.83. The minimum atomic E-state index is -0.721. The molecule has 4 nitrogen and oxygen atoms in total. The molecule has 25 heavy (non-hydrogen) atoms. The van der Waals surface area contributed by atoms with Crippen molar-refractivity contribution in [1.29, 1.82) is 0 Å². The van der Waals surface area contributed by atoms with E-state index in [-0.39, 0.29) is 45.4 Å². The van der Waals surface area contributed by atoms with Crippen LogP contribution in [0.4, 0.5) is 0 Å². The molecule has 0 N–H and O–H groups in total. The molecule has 0 amide bonds. The van der Waals surface area contributed by atoms with Gasteiger partial charge >= 0.3 is 0 Å². The Morgan fingerprint density at radius 1 is 1.28 bits per heavy atom. The molecular formula is C21H27NO3. The number of nitrogens with zero attached hydrogens (tertiary/aromatic N) is 1. The first-order valence-electron chi connectivity index (χ1n) is 9.81. The first-order valence-corrected chi connectivity index (χ1v) is 9.81. The molecule has 4 fully saturated rings. The maximum Gasteiger partial charge on any atom is 0.160 e. The van der Waals surface area contributed by atoms with Crippen molar-refractivity contribution in [3.63, 3.8) is 0 Å². The van der Waals surface area contributed by atoms with Crippen LogP contribution in [0.3, 0.4) is 0 Å². The molecule has 2 bridgehead atoms. The minimum Gasteiger partial charge on any atom is -0.633 e. The molecule has 2 aliphatic heterocycles. The molecule has 4 heteroatoms. The zero-order chi connectivity index (χ0) is 17.8. The van der Waals surface area contributed by atoms with E-state index in [4.69, 9.17) is 0 Å². The van der Waals surface area contributed by atoms with Crippen LogP contribution in [0, 0.1) is 33.8 Å². The van der Waals surface area contributed by atoms with Crippen molar-refractivity contribution >= 4 is 11.6 Å². The number of carbonyl (C=O) groups excluding carboxylic acids is 2. The lowest BCUT2D eigenvalue weighted by Gasteiger charge is -2.62. The van der Waals surface area contributed by atoms with Crippen LogP contribution in [0.5, 0.6) is 0 Å². The Morgan fingerprint density at radius 2 is 2.04 bits per heavy atom. The van der Waals surface area contributed by atoms with E-state index in [1.165, 1.54) is 0 Å². The molecule has 3 aliphatic carbocycles. The summed E-state index contributed by atoms with van der Waals surface area (Å²) in [5.74, 6) is 0.662. The molecule has 7 atom stereocenters. The summed E-state index contributed by atoms with van der Waals surface area (Å²) in [7, 11) is 0. The summed E-state index contributed by atoms with van der Waals surface area (Å²) in [6.07, 6.45) is 5.22. The highest BCUT2D eigenvalue weighted by molar-refractivity contribution is 6.08. The van der Waals surface area contributed by atoms with Gasteiger partial charge in [-0.05, 0) is 24.8 Å². The molecule has 5 rings (SSSR count). The predicted molar refractivity (Wildman–Crippen MR) is 94.2 cm³/mol. The fourth-order valence-corrected chi connectivity index (χ4v) is 7.83. The van der Waals surface area contributed by atoms with Crippen molar-refractivity contribution in [2.24, 2.45) is 28.6 Å². The summed E-state index contributed by atoms with van der Waals surface area (Å²) >= 11 is 0. The van der Waals surface area contributed by atoms with Crippen LogP contribution in [0.25, 0.3) is 0 Å². The van der Waals surface area contributed by atoms with E-state index in [1.807, 2.05) is 0 Å². The van der Waals surface area contributed by atoms with Gasteiger partial charge in [0.15, 0.2) is 5.78 Å². The number of allylic oxidation sites excluding steroid dienone is 3. The van der Waals surface area contributed by atoms with Gasteiger partial charge in [-0.25, -0.2) is 0 Å². The summed E-state index contributed by atoms with van der Waals surface area (Å²) < 4.78 is -0.126. The molecule has 0 radical (unpaired) electrons. The molecule has 0 aromatic carbocycles. The van der Waals surface area contributed by atoms with Gasteiger partial charge in [-0.3, -0.25) is 9.59 Å². The number of Topliss-reactive ketones (excluding diaryl/α,β-unsaturated/α-hetero) is 2. The van der Waals surface area contributed by atoms with E-state index in [0.717, 1.165) is 30.4 Å². The molecule has 5 aliphatic rings. The average Bonchev–Trinajstić information content (AvgIpc) is 3.03. The minimum absolute atomic E-state index is 0.0264. The lowest BCUT2D eigenvalue weighted by atomic mass is 9.45. The third-order valence-electron chi connectivity index (χ3n) is 8.84. The van der Waals surface area contributed by atoms with Crippen LogP contribution in [-0.2, 0) is 9.59 Å². The van der Waals surface area contributed by atoms with E-state index in [1.54, 1.807) is 6.08 Å². The predicted octanol–water partition coefficient (Wildman–Crippen LogP) is 3.17. The van der Waals surface area contributed by atoms with Crippen LogP contribution in [-0.4, -0.2) is 35.3 Å². The van der Waals surface area contributed by atoms with E-state index >= 15 is 0 Å². The molecule has 134 valence electrons. The molecular weight excluding hydrogens is 314 g/mol. The second-order valence-electron chi connectivity index (χ2n) is 9.47. The van der Waals surface area contributed by atoms with Crippen LogP contribution in [0.15, 0.2) is 23.8 Å². The first-order chi connectivity index (χ1) is 11.8. The highest BCUT2D eigenvalue weighted by Crippen LogP contribution is 2.72. The summed E-state index contributed by atoms with van der Waals surface area (Å²) in [6.45, 7) is 9.35. The van der Waals surface area contributed by atoms with Crippen molar-refractivity contribution < 1.29 is 14.2 Å². The SMILES string of the molecule is C=CC1=C2C(=O)CC[C@@H]3C[N+]4([O-])C[C@@H](C)C5CC4[C@]3(C)[C@]2(CC1)C5=O. The Morgan fingerprint density at radius 3 is 2.76 bits per heavy atom. The molecule has 0 aromatic rings. The number of hydrogen-bond acceptors (Lipinski definition) is 3. The third-order valence-corrected chi connectivity index (χ3v) is 8.84. The summed E-state index contributed by atoms with van der Waals surface area (Å²) in [5.41, 5.74) is 0.648. The van der Waals surface area contributed by atoms with Gasteiger partial charge < -0.3 is 9.85 Å². The van der Waals surface area contributed by atoms with E-state index in [0.29, 0.717) is 25.9 Å². The van der Waals surface area contributed by atoms with Crippen LogP contribution in [0.1, 0.15) is 46.0 Å². The highest BCUT2D eigenvalue weighted by Gasteiger charge is 2.77. The lowest BCUT2D eigenvalue weighted by Crippen LogP contribution is -2.69. The summed E-state index contributed by atoms with van der Waals surface area (Å²) in [4.78, 5) is 27.0. The topological polar surface area (TPSA) is 57.2 Å². The van der Waals surface area contributed by atoms with Crippen LogP contribution < -0.4 is 0 Å². The molecule has 2 saturated carbocycles. The molecule has 0 aromatic heterocycles. The maximum atomic E-state index is 13.9. The van der Waals surface area contributed by atoms with Gasteiger partial charge in [0.25, 0.3) is 0 Å². The van der Waals surface area contributed by atoms with Gasteiger partial charge in [0, 0.05) is 41.6 Å². The Balaban J connectivity index is 1.84. The largest absolute Gasteiger partial charge is 0.633 e. The average molecular weight is 341 g/mol. The number of piperidine rings is 1. The highest BCUT2D eigenvalue weighted by atomic mass is 16.6. The van der Waals surface area contributed by atoms with Crippen molar-refractivity contribution in [3.8, 4) is 0 Å². The monoisotopic (exact) mass is 341 g/mol. The van der Waals surface area contributed by atoms with E-state index in [2.05, 4.69) is 20.4 Å². The van der Waals surface area contributed by atoms with Gasteiger partial charge in [-0.15, -0.1) is 0 Å². The molecule has 3 unspecified atom stereocenters. The third kappa shape index (κ3) is 1.50. The first kappa shape index (κ1) is 16.0. The number of rotatable bonds is 1. The number of hydrogen-bond donors (Lipinski definition) is 0. The van der Waals surface area contributed by atoms with Crippen molar-refractivity contribution in [1.82, 2.24) is 0 Å². The van der Waals surface area contributed by atoms with Gasteiger partial charge in [0.1, 0.15) is 5.78 Å². The number of carbonyl (C=O) groups is 2. The van der Waals surface area contributed by atoms with Crippen molar-refractivity contribution in [2.75, 3.05) is 13.1 Å². The summed E-state index contributed by atoms with van der Waals surface area (Å²) in [5, 5.41) is 13.8. The van der Waals surface area contributed by atoms with Gasteiger partial charge in [-0.1, -0.05) is 26.5 Å². The zero-order valence-electron chi connectivity index (χ0n) is 15.2. The molecule has 2 saturated heterocycles. The standard InChI is InChI=1S/C21H27NO3/c1-4-13-7-8-21-18(13)16(23)6-5-14-11-22(25)10-12(2)15(19(21)24)9-17(22)20(14,21)3/h4,12,14-15,17H,1,5-11H2,2-3H3/t12-,14-,15?,17?,20-,21+,22?/m1/s1. The van der Waals surface area contributed by atoms with Gasteiger partial charge in [0.2, 0.25) is 0 Å². The van der Waals surface area contributed by atoms with E-state index in [9.17, 15) is 14.8 Å². The summed E-state index contributed by atoms with van der Waals surface area (Å²) in [6, 6.07) is -0.0264. The Bertz CT molecular complexity index is 754. The second-order valence-corrected chi connectivity index (χ2v) is 9.47. The van der Waals surface area contributed by atoms with Gasteiger partial charge in [0.05, 0.1) is 24.5 Å². The Labute approximate surface area is 149 Å². The number of hydroxylamine groups is 3. The van der Waals surface area contributed by atoms with Crippen molar-refractivity contribution in [3.05, 3.63) is 29.0 Å². The smallest absolute Gasteiger partial charge is 0.160 e. The maximum absolute atomic E-state index is 13.9. The Kier molecular flexibility index (Phi) is 2.89. The fraction of sp³-hybridized carbons (Fsp3) is 0.714. The molecule has 1 spiro atoms. The zero-order valence-corrected chi connectivity index (χ0v) is 15.2. The lowest BCUT2D eigenvalue weighted by molar-refractivity contribution is -0.908. The Hall–Kier alpha value is -1.26. The molecule has 2 heterocycles. The van der Waals surface area contributed by atoms with Crippen LogP contribution >= 0.6 is 0 Å². The van der Waals surface area contributed by atoms with E-state index < -0.39 is 5.41 Å². The number of fused-ring (bicyclic) bond motifs is 1. The quantitative estimate of drug-likeness (QED) is 0.544. The normalized spacial score (nSPS) is 53.7. The van der Waals surface area contributed by atoms with Crippen LogP contribution in [0.2, 0.25) is 0 Å².